The third-order valence-corrected chi connectivity index (χ3v) is 2.20. The van der Waals surface area contributed by atoms with Gasteiger partial charge in [-0.1, -0.05) is 17.0 Å². The summed E-state index contributed by atoms with van der Waals surface area (Å²) in [6.07, 6.45) is 1.30. The average Bonchev–Trinajstić information content (AvgIpc) is 2.65. The molecule has 0 spiro atoms. The lowest BCUT2D eigenvalue weighted by Gasteiger charge is -1.83. The highest BCUT2D eigenvalue weighted by Crippen LogP contribution is 2.11. The molecule has 0 radical (unpaired) electrons. The fraction of sp³-hybridized carbons (Fsp3) is 0.222. The van der Waals surface area contributed by atoms with E-state index in [1.807, 2.05) is 5.38 Å². The summed E-state index contributed by atoms with van der Waals surface area (Å²) in [7, 11) is 0. The van der Waals surface area contributed by atoms with E-state index in [-0.39, 0.29) is 0 Å². The minimum Gasteiger partial charge on any atom is -0.298 e. The molecule has 0 aliphatic rings. The maximum atomic E-state index is 10.5. The van der Waals surface area contributed by atoms with Gasteiger partial charge in [0.1, 0.15) is 0 Å². The molecule has 0 amide bonds. The third-order valence-electron chi connectivity index (χ3n) is 1.44. The standard InChI is InChI=1S/C9H7N3OS/c10-12-11-4-2-1-3-8-6-14-7-9(8)5-13/h5-7H,2,4H2. The molecule has 70 valence electrons. The zero-order chi connectivity index (χ0) is 10.2. The fourth-order valence-electron chi connectivity index (χ4n) is 0.808. The maximum Gasteiger partial charge on any atom is 0.152 e. The Hall–Kier alpha value is -1.76. The van der Waals surface area contributed by atoms with Crippen LogP contribution in [0.2, 0.25) is 0 Å². The summed E-state index contributed by atoms with van der Waals surface area (Å²) < 4.78 is 0. The van der Waals surface area contributed by atoms with E-state index < -0.39 is 0 Å². The van der Waals surface area contributed by atoms with Crippen molar-refractivity contribution in [2.45, 2.75) is 6.42 Å². The Kier molecular flexibility index (Phi) is 4.29. The Morgan fingerprint density at radius 3 is 3.21 bits per heavy atom. The Bertz CT molecular complexity index is 421. The van der Waals surface area contributed by atoms with E-state index in [4.69, 9.17) is 5.53 Å². The van der Waals surface area contributed by atoms with Crippen LogP contribution in [0.15, 0.2) is 15.9 Å². The van der Waals surface area contributed by atoms with Gasteiger partial charge in [-0.3, -0.25) is 4.79 Å². The van der Waals surface area contributed by atoms with Crippen molar-refractivity contribution in [2.75, 3.05) is 6.54 Å². The van der Waals surface area contributed by atoms with Crippen molar-refractivity contribution in [3.63, 3.8) is 0 Å². The van der Waals surface area contributed by atoms with Crippen molar-refractivity contribution in [1.29, 1.82) is 0 Å². The topological polar surface area (TPSA) is 65.8 Å². The van der Waals surface area contributed by atoms with Gasteiger partial charge >= 0.3 is 0 Å². The Morgan fingerprint density at radius 1 is 1.64 bits per heavy atom. The number of carbonyl (C=O) groups excluding carboxylic acids is 1. The molecule has 0 aliphatic carbocycles. The molecule has 1 aromatic rings. The summed E-state index contributed by atoms with van der Waals surface area (Å²) in [5.41, 5.74) is 9.36. The highest BCUT2D eigenvalue weighted by Gasteiger charge is 1.97. The third kappa shape index (κ3) is 2.94. The number of rotatable bonds is 3. The lowest BCUT2D eigenvalue weighted by Crippen LogP contribution is -1.79. The van der Waals surface area contributed by atoms with Gasteiger partial charge in [0, 0.05) is 39.8 Å². The number of azide groups is 1. The quantitative estimate of drug-likeness (QED) is 0.187. The van der Waals surface area contributed by atoms with Crippen LogP contribution >= 0.6 is 11.3 Å². The van der Waals surface area contributed by atoms with Gasteiger partial charge in [-0.25, -0.2) is 0 Å². The van der Waals surface area contributed by atoms with Crippen LogP contribution in [-0.4, -0.2) is 12.8 Å². The summed E-state index contributed by atoms with van der Waals surface area (Å²) in [5.74, 6) is 5.68. The molecule has 0 unspecified atom stereocenters. The highest BCUT2D eigenvalue weighted by molar-refractivity contribution is 7.08. The van der Waals surface area contributed by atoms with E-state index in [9.17, 15) is 4.79 Å². The lowest BCUT2D eigenvalue weighted by atomic mass is 10.2. The number of hydrogen-bond acceptors (Lipinski definition) is 3. The van der Waals surface area contributed by atoms with E-state index in [0.717, 1.165) is 11.8 Å². The minimum atomic E-state index is 0.365. The molecular weight excluding hydrogens is 198 g/mol. The molecule has 0 atom stereocenters. The summed E-state index contributed by atoms with van der Waals surface area (Å²) in [4.78, 5) is 13.1. The van der Waals surface area contributed by atoms with Gasteiger partial charge in [0.15, 0.2) is 6.29 Å². The van der Waals surface area contributed by atoms with E-state index >= 15 is 0 Å². The first-order valence-electron chi connectivity index (χ1n) is 3.89. The first-order valence-corrected chi connectivity index (χ1v) is 4.84. The molecule has 5 heteroatoms. The summed E-state index contributed by atoms with van der Waals surface area (Å²) in [5, 5.41) is 6.92. The first kappa shape index (κ1) is 10.3. The molecule has 1 rings (SSSR count). The van der Waals surface area contributed by atoms with E-state index in [1.54, 1.807) is 5.38 Å². The molecule has 0 saturated carbocycles. The van der Waals surface area contributed by atoms with Crippen molar-refractivity contribution in [3.8, 4) is 11.8 Å². The van der Waals surface area contributed by atoms with Gasteiger partial charge in [-0.05, 0) is 5.53 Å². The summed E-state index contributed by atoms with van der Waals surface area (Å²) in [6.45, 7) is 0.365. The minimum absolute atomic E-state index is 0.365. The number of thiophene rings is 1. The van der Waals surface area contributed by atoms with Crippen LogP contribution in [0.1, 0.15) is 22.3 Å². The molecule has 0 N–H and O–H groups in total. The maximum absolute atomic E-state index is 10.5. The monoisotopic (exact) mass is 205 g/mol. The fourth-order valence-corrected chi connectivity index (χ4v) is 1.54. The zero-order valence-corrected chi connectivity index (χ0v) is 8.12. The second-order valence-electron chi connectivity index (χ2n) is 2.36. The molecule has 0 saturated heterocycles. The normalized spacial score (nSPS) is 8.29. The lowest BCUT2D eigenvalue weighted by molar-refractivity contribution is 0.112. The van der Waals surface area contributed by atoms with Crippen LogP contribution in [0, 0.1) is 11.8 Å². The number of carbonyl (C=O) groups is 1. The van der Waals surface area contributed by atoms with Crippen LogP contribution in [0.25, 0.3) is 10.4 Å². The Morgan fingerprint density at radius 2 is 2.50 bits per heavy atom. The molecule has 0 bridgehead atoms. The van der Waals surface area contributed by atoms with Crippen LogP contribution in [0.3, 0.4) is 0 Å². The van der Waals surface area contributed by atoms with Gasteiger partial charge in [-0.2, -0.15) is 11.3 Å². The van der Waals surface area contributed by atoms with Gasteiger partial charge in [0.25, 0.3) is 0 Å². The zero-order valence-electron chi connectivity index (χ0n) is 7.30. The van der Waals surface area contributed by atoms with Gasteiger partial charge in [-0.15, -0.1) is 0 Å². The Balaban J connectivity index is 2.58. The first-order chi connectivity index (χ1) is 6.88. The van der Waals surface area contributed by atoms with Crippen LogP contribution in [0.5, 0.6) is 0 Å². The van der Waals surface area contributed by atoms with E-state index in [2.05, 4.69) is 21.9 Å². The van der Waals surface area contributed by atoms with Crippen LogP contribution < -0.4 is 0 Å². The number of aldehydes is 1. The molecular formula is C9H7N3OS. The van der Waals surface area contributed by atoms with Gasteiger partial charge in [0.05, 0.1) is 0 Å². The Labute approximate surface area is 85.2 Å². The average molecular weight is 205 g/mol. The second kappa shape index (κ2) is 5.81. The predicted molar refractivity (Wildman–Crippen MR) is 55.2 cm³/mol. The molecule has 14 heavy (non-hydrogen) atoms. The van der Waals surface area contributed by atoms with Crippen molar-refractivity contribution in [3.05, 3.63) is 32.3 Å². The SMILES string of the molecule is [N-]=[N+]=NCCC#Cc1cscc1C=O. The number of hydrogen-bond donors (Lipinski definition) is 0. The van der Waals surface area contributed by atoms with Crippen molar-refractivity contribution < 1.29 is 4.79 Å². The van der Waals surface area contributed by atoms with E-state index in [1.165, 1.54) is 11.3 Å². The summed E-state index contributed by atoms with van der Waals surface area (Å²) in [6, 6.07) is 0. The van der Waals surface area contributed by atoms with Crippen molar-refractivity contribution >= 4 is 17.6 Å². The molecule has 1 heterocycles. The van der Waals surface area contributed by atoms with Crippen molar-refractivity contribution in [1.82, 2.24) is 0 Å². The molecule has 1 aromatic heterocycles. The second-order valence-corrected chi connectivity index (χ2v) is 3.11. The molecule has 0 fully saturated rings. The van der Waals surface area contributed by atoms with Crippen LogP contribution in [-0.2, 0) is 0 Å². The predicted octanol–water partition coefficient (Wildman–Crippen LogP) is 2.61. The van der Waals surface area contributed by atoms with Crippen molar-refractivity contribution in [2.24, 2.45) is 5.11 Å². The van der Waals surface area contributed by atoms with Crippen LogP contribution in [0.4, 0.5) is 0 Å². The molecule has 0 aliphatic heterocycles. The summed E-state index contributed by atoms with van der Waals surface area (Å²) >= 11 is 1.44. The molecule has 0 aromatic carbocycles. The van der Waals surface area contributed by atoms with E-state index in [0.29, 0.717) is 18.5 Å². The van der Waals surface area contributed by atoms with Gasteiger partial charge < -0.3 is 0 Å². The van der Waals surface area contributed by atoms with Gasteiger partial charge in [0.2, 0.25) is 0 Å². The highest BCUT2D eigenvalue weighted by atomic mass is 32.1. The smallest absolute Gasteiger partial charge is 0.152 e. The largest absolute Gasteiger partial charge is 0.298 e. The number of nitrogens with zero attached hydrogens (tertiary/aromatic N) is 3. The molecule has 4 nitrogen and oxygen atoms in total.